The Morgan fingerprint density at radius 1 is 1.23 bits per heavy atom. The lowest BCUT2D eigenvalue weighted by Gasteiger charge is -2.35. The maximum absolute atomic E-state index is 12.7. The summed E-state index contributed by atoms with van der Waals surface area (Å²) in [4.78, 5) is 18.9. The Hall–Kier alpha value is -2.04. The van der Waals surface area contributed by atoms with Crippen LogP contribution in [0.15, 0.2) is 47.5 Å². The van der Waals surface area contributed by atoms with Crippen molar-refractivity contribution in [2.24, 2.45) is 10.7 Å². The fourth-order valence-corrected chi connectivity index (χ4v) is 3.64. The van der Waals surface area contributed by atoms with Crippen LogP contribution in [0.25, 0.3) is 0 Å². The van der Waals surface area contributed by atoms with E-state index in [-0.39, 0.29) is 48.1 Å². The molecule has 1 amide bonds. The lowest BCUT2D eigenvalue weighted by molar-refractivity contribution is -0.0586. The maximum Gasteiger partial charge on any atom is 0.254 e. The van der Waals surface area contributed by atoms with Crippen molar-refractivity contribution in [2.75, 3.05) is 25.5 Å². The number of ether oxygens (including phenoxy) is 2. The second-order valence-corrected chi connectivity index (χ2v) is 7.75. The van der Waals surface area contributed by atoms with Gasteiger partial charge in [-0.3, -0.25) is 4.79 Å². The van der Waals surface area contributed by atoms with Crippen LogP contribution in [-0.4, -0.2) is 49.2 Å². The first-order valence-corrected chi connectivity index (χ1v) is 10.2. The molecule has 2 aromatic carbocycles. The number of guanidine groups is 1. The number of amides is 1. The van der Waals surface area contributed by atoms with Crippen molar-refractivity contribution in [2.45, 2.75) is 32.6 Å². The molecule has 31 heavy (non-hydrogen) atoms. The van der Waals surface area contributed by atoms with Gasteiger partial charge in [-0.15, -0.1) is 24.0 Å². The summed E-state index contributed by atoms with van der Waals surface area (Å²) in [6.45, 7) is 5.56. The number of halogens is 2. The van der Waals surface area contributed by atoms with Crippen LogP contribution in [0.4, 0.5) is 5.69 Å². The number of hydrogen-bond donors (Lipinski definition) is 2. The molecule has 2 aromatic rings. The van der Waals surface area contributed by atoms with Gasteiger partial charge in [-0.2, -0.15) is 0 Å². The molecule has 2 unspecified atom stereocenters. The fourth-order valence-electron chi connectivity index (χ4n) is 3.39. The van der Waals surface area contributed by atoms with E-state index in [0.717, 1.165) is 11.3 Å². The van der Waals surface area contributed by atoms with E-state index in [4.69, 9.17) is 26.8 Å². The molecule has 0 saturated carbocycles. The van der Waals surface area contributed by atoms with Crippen LogP contribution in [0.3, 0.4) is 0 Å². The Labute approximate surface area is 205 Å². The number of nitrogens with one attached hydrogen (secondary N) is 1. The Morgan fingerprint density at radius 3 is 2.45 bits per heavy atom. The molecule has 3 rings (SSSR count). The summed E-state index contributed by atoms with van der Waals surface area (Å²) in [5, 5.41) is 3.49. The summed E-state index contributed by atoms with van der Waals surface area (Å²) in [6.07, 6.45) is 0.0877. The number of morpholine rings is 1. The van der Waals surface area contributed by atoms with E-state index in [9.17, 15) is 4.79 Å². The quantitative estimate of drug-likeness (QED) is 0.327. The Kier molecular flexibility index (Phi) is 9.39. The van der Waals surface area contributed by atoms with E-state index in [1.54, 1.807) is 25.3 Å². The standard InChI is InChI=1S/C22H27ClN4O3.HI/c1-14-12-27(13-15(2)30-14)21(28)17-6-4-16(5-7-17)11-25-22(24)26-18-8-9-20(29-3)19(23)10-18;/h4-10,14-15H,11-13H2,1-3H3,(H3,24,25,26);1H. The third kappa shape index (κ3) is 6.98. The Balaban J connectivity index is 0.00000341. The van der Waals surface area contributed by atoms with Crippen molar-refractivity contribution < 1.29 is 14.3 Å². The molecule has 2 atom stereocenters. The van der Waals surface area contributed by atoms with E-state index in [2.05, 4.69) is 10.3 Å². The molecule has 0 bridgehead atoms. The number of nitrogens with zero attached hydrogens (tertiary/aromatic N) is 2. The number of carbonyl (C=O) groups is 1. The predicted octanol–water partition coefficient (Wildman–Crippen LogP) is 4.14. The minimum absolute atomic E-state index is 0. The molecule has 1 aliphatic heterocycles. The summed E-state index contributed by atoms with van der Waals surface area (Å²) < 4.78 is 10.8. The molecule has 0 radical (unpaired) electrons. The summed E-state index contributed by atoms with van der Waals surface area (Å²) in [6, 6.07) is 12.7. The third-order valence-electron chi connectivity index (χ3n) is 4.76. The number of benzene rings is 2. The first-order valence-electron chi connectivity index (χ1n) is 9.80. The molecule has 3 N–H and O–H groups in total. The van der Waals surface area contributed by atoms with Gasteiger partial charge in [0.1, 0.15) is 5.75 Å². The van der Waals surface area contributed by atoms with Crippen LogP contribution in [0.2, 0.25) is 5.02 Å². The van der Waals surface area contributed by atoms with Gasteiger partial charge in [0.2, 0.25) is 0 Å². The minimum Gasteiger partial charge on any atom is -0.495 e. The van der Waals surface area contributed by atoms with Crippen molar-refractivity contribution in [3.05, 3.63) is 58.6 Å². The van der Waals surface area contributed by atoms with Crippen molar-refractivity contribution in [1.29, 1.82) is 0 Å². The zero-order chi connectivity index (χ0) is 21.7. The van der Waals surface area contributed by atoms with Gasteiger partial charge in [0, 0.05) is 24.3 Å². The highest BCUT2D eigenvalue weighted by atomic mass is 127. The summed E-state index contributed by atoms with van der Waals surface area (Å²) >= 11 is 6.11. The van der Waals surface area contributed by atoms with Crippen LogP contribution in [-0.2, 0) is 11.3 Å². The SMILES string of the molecule is COc1ccc(NC(N)=NCc2ccc(C(=O)N3CC(C)OC(C)C3)cc2)cc1Cl.I. The zero-order valence-corrected chi connectivity index (χ0v) is 20.9. The smallest absolute Gasteiger partial charge is 0.254 e. The summed E-state index contributed by atoms with van der Waals surface area (Å²) in [7, 11) is 1.56. The number of aliphatic imine (C=N–C) groups is 1. The molecular weight excluding hydrogens is 531 g/mol. The lowest BCUT2D eigenvalue weighted by Crippen LogP contribution is -2.48. The molecular formula is C22H28ClIN4O3. The van der Waals surface area contributed by atoms with E-state index < -0.39 is 0 Å². The van der Waals surface area contributed by atoms with Crippen molar-refractivity contribution >= 4 is 53.1 Å². The zero-order valence-electron chi connectivity index (χ0n) is 17.8. The van der Waals surface area contributed by atoms with E-state index >= 15 is 0 Å². The number of methoxy groups -OCH3 is 1. The number of hydrogen-bond acceptors (Lipinski definition) is 4. The first kappa shape index (κ1) is 25.2. The van der Waals surface area contributed by atoms with Gasteiger partial charge in [-0.1, -0.05) is 23.7 Å². The molecule has 9 heteroatoms. The van der Waals surface area contributed by atoms with Gasteiger partial charge >= 0.3 is 0 Å². The topological polar surface area (TPSA) is 89.2 Å². The maximum atomic E-state index is 12.7. The first-order chi connectivity index (χ1) is 14.4. The average Bonchev–Trinajstić information content (AvgIpc) is 2.71. The Morgan fingerprint density at radius 2 is 1.87 bits per heavy atom. The summed E-state index contributed by atoms with van der Waals surface area (Å²) in [5.74, 6) is 0.880. The van der Waals surface area contributed by atoms with Crippen LogP contribution in [0.5, 0.6) is 5.75 Å². The third-order valence-corrected chi connectivity index (χ3v) is 5.06. The predicted molar refractivity (Wildman–Crippen MR) is 135 cm³/mol. The van der Waals surface area contributed by atoms with E-state index in [1.807, 2.05) is 43.0 Å². The van der Waals surface area contributed by atoms with Gasteiger partial charge in [0.25, 0.3) is 5.91 Å². The molecule has 1 fully saturated rings. The van der Waals surface area contributed by atoms with Gasteiger partial charge in [0.05, 0.1) is 30.9 Å². The normalized spacial score (nSPS) is 18.8. The lowest BCUT2D eigenvalue weighted by atomic mass is 10.1. The van der Waals surface area contributed by atoms with Crippen LogP contribution in [0, 0.1) is 0 Å². The molecule has 1 aliphatic rings. The van der Waals surface area contributed by atoms with E-state index in [0.29, 0.717) is 36.0 Å². The average molecular weight is 559 g/mol. The fraction of sp³-hybridized carbons (Fsp3) is 0.364. The molecule has 0 aliphatic carbocycles. The molecule has 1 saturated heterocycles. The molecule has 7 nitrogen and oxygen atoms in total. The van der Waals surface area contributed by atoms with Crippen LogP contribution in [0.1, 0.15) is 29.8 Å². The van der Waals surface area contributed by atoms with Crippen LogP contribution < -0.4 is 15.8 Å². The van der Waals surface area contributed by atoms with Crippen molar-refractivity contribution in [1.82, 2.24) is 4.90 Å². The van der Waals surface area contributed by atoms with Gasteiger partial charge in [-0.05, 0) is 49.7 Å². The molecule has 0 spiro atoms. The number of carbonyl (C=O) groups excluding carboxylic acids is 1. The van der Waals surface area contributed by atoms with Crippen molar-refractivity contribution in [3.63, 3.8) is 0 Å². The molecule has 1 heterocycles. The molecule has 168 valence electrons. The molecule has 0 aromatic heterocycles. The largest absolute Gasteiger partial charge is 0.495 e. The summed E-state index contributed by atoms with van der Waals surface area (Å²) in [5.41, 5.74) is 8.29. The number of anilines is 1. The number of rotatable bonds is 5. The second-order valence-electron chi connectivity index (χ2n) is 7.34. The second kappa shape index (κ2) is 11.5. The minimum atomic E-state index is 0. The van der Waals surface area contributed by atoms with Crippen LogP contribution >= 0.6 is 35.6 Å². The highest BCUT2D eigenvalue weighted by molar-refractivity contribution is 14.0. The van der Waals surface area contributed by atoms with Crippen molar-refractivity contribution in [3.8, 4) is 5.75 Å². The van der Waals surface area contributed by atoms with E-state index in [1.165, 1.54) is 0 Å². The highest BCUT2D eigenvalue weighted by Gasteiger charge is 2.26. The monoisotopic (exact) mass is 558 g/mol. The van der Waals surface area contributed by atoms with Gasteiger partial charge in [0.15, 0.2) is 5.96 Å². The van der Waals surface area contributed by atoms with Gasteiger partial charge in [-0.25, -0.2) is 4.99 Å². The number of nitrogens with two attached hydrogens (primary N) is 1. The van der Waals surface area contributed by atoms with Gasteiger partial charge < -0.3 is 25.4 Å². The highest BCUT2D eigenvalue weighted by Crippen LogP contribution is 2.27. The Bertz CT molecular complexity index is 913.